The van der Waals surface area contributed by atoms with Crippen molar-refractivity contribution >= 4 is 38.6 Å². The molecule has 8 nitrogen and oxygen atoms in total. The van der Waals surface area contributed by atoms with Crippen molar-refractivity contribution in [3.63, 3.8) is 0 Å². The molecule has 1 fully saturated rings. The third-order valence-electron chi connectivity index (χ3n) is 7.27. The highest BCUT2D eigenvalue weighted by Gasteiger charge is 2.25. The Bertz CT molecular complexity index is 1460. The Kier molecular flexibility index (Phi) is 9.63. The first kappa shape index (κ1) is 29.7. The summed E-state index contributed by atoms with van der Waals surface area (Å²) in [7, 11) is 0.655. The minimum absolute atomic E-state index is 0.443. The number of hydrogen-bond donors (Lipinski definition) is 3. The number of hydrogen-bond acceptors (Lipinski definition) is 6. The number of nitrogens with two attached hydrogens (primary N) is 2. The number of aromatic nitrogens is 2. The van der Waals surface area contributed by atoms with Crippen molar-refractivity contribution in [2.24, 2.45) is 17.5 Å². The minimum Gasteiger partial charge on any atom is -0.401 e. The van der Waals surface area contributed by atoms with Crippen molar-refractivity contribution in [2.75, 3.05) is 26.5 Å². The number of ether oxygens (including phenoxy) is 1. The van der Waals surface area contributed by atoms with E-state index in [-0.39, 0.29) is 0 Å². The second-order valence-electron chi connectivity index (χ2n) is 11.0. The summed E-state index contributed by atoms with van der Waals surface area (Å²) in [4.78, 5) is 4.87. The summed E-state index contributed by atoms with van der Waals surface area (Å²) in [6.07, 6.45) is 5.57. The van der Waals surface area contributed by atoms with Crippen molar-refractivity contribution in [3.05, 3.63) is 83.7 Å². The fraction of sp³-hybridized carbons (Fsp3) is 0.387. The van der Waals surface area contributed by atoms with Crippen LogP contribution in [0.4, 0.5) is 0 Å². The molecule has 1 unspecified atom stereocenters. The minimum atomic E-state index is -1.13. The Hall–Kier alpha value is -3.24. The molecule has 0 radical (unpaired) electrons. The van der Waals surface area contributed by atoms with Crippen LogP contribution >= 0.6 is 0 Å². The second-order valence-corrected chi connectivity index (χ2v) is 12.1. The number of nitrogens with zero attached hydrogens (tertiary/aromatic N) is 3. The fourth-order valence-corrected chi connectivity index (χ4v) is 6.20. The highest BCUT2D eigenvalue weighted by atomic mass is 32.2. The van der Waals surface area contributed by atoms with Gasteiger partial charge in [-0.3, -0.25) is 4.98 Å². The van der Waals surface area contributed by atoms with Crippen LogP contribution in [-0.2, 0) is 27.8 Å². The van der Waals surface area contributed by atoms with Gasteiger partial charge in [-0.15, -0.1) is 0 Å². The van der Waals surface area contributed by atoms with Crippen molar-refractivity contribution in [1.29, 1.82) is 0 Å². The van der Waals surface area contributed by atoms with Crippen LogP contribution in [0.3, 0.4) is 0 Å². The van der Waals surface area contributed by atoms with Crippen LogP contribution in [0.15, 0.2) is 72.6 Å². The maximum atomic E-state index is 11.9. The standard InChI is InChI=1S/C25H36N6O2S.C6H6/c1-16(26)24(30(4)27)18-12-22-23(28-14-18)20-7-6-19(25(2,3)29-34(5)32)13-21(20)31(22)15-17-8-10-33-11-9-17;1-2-4-6-5-3-1/h6-7,12-14,17,29H,8-11,15,26-27H2,1-5H3;1-6H/b24-16-;. The third-order valence-corrected chi connectivity index (χ3v) is 8.07. The first-order valence-corrected chi connectivity index (χ1v) is 15.2. The summed E-state index contributed by atoms with van der Waals surface area (Å²) in [6.45, 7) is 8.43. The molecule has 1 saturated heterocycles. The molecule has 1 aliphatic rings. The lowest BCUT2D eigenvalue weighted by atomic mass is 9.94. The van der Waals surface area contributed by atoms with Gasteiger partial charge >= 0.3 is 0 Å². The summed E-state index contributed by atoms with van der Waals surface area (Å²) in [5.41, 5.74) is 12.2. The van der Waals surface area contributed by atoms with Gasteiger partial charge in [-0.2, -0.15) is 0 Å². The van der Waals surface area contributed by atoms with E-state index in [4.69, 9.17) is 21.3 Å². The molecule has 1 atom stereocenters. The lowest BCUT2D eigenvalue weighted by molar-refractivity contribution is 0.0619. The molecule has 0 bridgehead atoms. The molecule has 0 saturated carbocycles. The van der Waals surface area contributed by atoms with E-state index in [2.05, 4.69) is 47.4 Å². The predicted octanol–water partition coefficient (Wildman–Crippen LogP) is 4.87. The average Bonchev–Trinajstić information content (AvgIpc) is 3.22. The molecule has 1 aliphatic heterocycles. The number of nitrogens with one attached hydrogen (secondary N) is 1. The van der Waals surface area contributed by atoms with Crippen molar-refractivity contribution in [2.45, 2.75) is 45.7 Å². The molecule has 5 N–H and O–H groups in total. The normalized spacial score (nSPS) is 15.8. The second kappa shape index (κ2) is 13.0. The Balaban J connectivity index is 0.000000546. The zero-order chi connectivity index (χ0) is 28.9. The molecule has 0 aliphatic carbocycles. The van der Waals surface area contributed by atoms with E-state index >= 15 is 0 Å². The number of pyridine rings is 1. The van der Waals surface area contributed by atoms with Crippen LogP contribution in [-0.4, -0.2) is 45.3 Å². The molecule has 0 amide bonds. The third kappa shape index (κ3) is 6.90. The van der Waals surface area contributed by atoms with Crippen LogP contribution in [0.25, 0.3) is 27.6 Å². The Morgan fingerprint density at radius 2 is 1.75 bits per heavy atom. The van der Waals surface area contributed by atoms with Crippen molar-refractivity contribution in [1.82, 2.24) is 19.3 Å². The van der Waals surface area contributed by atoms with E-state index in [1.54, 1.807) is 18.3 Å². The van der Waals surface area contributed by atoms with Gasteiger partial charge in [-0.05, 0) is 57.2 Å². The Morgan fingerprint density at radius 3 is 2.30 bits per heavy atom. The fourth-order valence-electron chi connectivity index (χ4n) is 5.37. The summed E-state index contributed by atoms with van der Waals surface area (Å²) < 4.78 is 23.1. The SMILES string of the molecule is C/C(N)=C(\c1cnc2c3ccc(C(C)(C)NS(C)=O)cc3n(CC3CCOCC3)c2c1)N(C)N.c1ccccc1. The van der Waals surface area contributed by atoms with E-state index in [1.807, 2.05) is 49.5 Å². The first-order valence-electron chi connectivity index (χ1n) is 13.6. The molecule has 2 aromatic carbocycles. The predicted molar refractivity (Wildman–Crippen MR) is 166 cm³/mol. The van der Waals surface area contributed by atoms with Crippen molar-refractivity contribution in [3.8, 4) is 0 Å². The first-order chi connectivity index (χ1) is 19.1. The van der Waals surface area contributed by atoms with Crippen LogP contribution in [0.2, 0.25) is 0 Å². The number of hydrazine groups is 1. The summed E-state index contributed by atoms with van der Waals surface area (Å²) in [5, 5.41) is 2.64. The van der Waals surface area contributed by atoms with E-state index in [0.29, 0.717) is 11.6 Å². The molecule has 0 spiro atoms. The topological polar surface area (TPSA) is 111 Å². The molecule has 214 valence electrons. The summed E-state index contributed by atoms with van der Waals surface area (Å²) >= 11 is 0. The zero-order valence-electron chi connectivity index (χ0n) is 24.2. The molecule has 40 heavy (non-hydrogen) atoms. The Morgan fingerprint density at radius 1 is 1.12 bits per heavy atom. The number of rotatable bonds is 7. The van der Waals surface area contributed by atoms with Gasteiger partial charge in [0.05, 0.1) is 33.2 Å². The van der Waals surface area contributed by atoms with Gasteiger partial charge < -0.3 is 20.0 Å². The van der Waals surface area contributed by atoms with Gasteiger partial charge in [0.2, 0.25) is 0 Å². The lowest BCUT2D eigenvalue weighted by Crippen LogP contribution is -2.37. The maximum Gasteiger partial charge on any atom is 0.0960 e. The van der Waals surface area contributed by atoms with Gasteiger partial charge in [-0.25, -0.2) is 14.8 Å². The molecule has 3 heterocycles. The Labute approximate surface area is 239 Å². The molecule has 5 rings (SSSR count). The van der Waals surface area contributed by atoms with Crippen LogP contribution < -0.4 is 16.3 Å². The molecule has 4 aromatic rings. The van der Waals surface area contributed by atoms with E-state index in [1.165, 1.54) is 0 Å². The lowest BCUT2D eigenvalue weighted by Gasteiger charge is -2.26. The number of fused-ring (bicyclic) bond motifs is 3. The number of benzene rings is 2. The smallest absolute Gasteiger partial charge is 0.0960 e. The van der Waals surface area contributed by atoms with Gasteiger partial charge in [-0.1, -0.05) is 48.5 Å². The summed E-state index contributed by atoms with van der Waals surface area (Å²) in [6, 6.07) is 20.6. The highest BCUT2D eigenvalue weighted by molar-refractivity contribution is 7.82. The van der Waals surface area contributed by atoms with Gasteiger partial charge in [0.1, 0.15) is 0 Å². The van der Waals surface area contributed by atoms with Gasteiger partial charge in [0.15, 0.2) is 0 Å². The number of allylic oxidation sites excluding steroid dienone is 1. The van der Waals surface area contributed by atoms with E-state index in [9.17, 15) is 4.21 Å². The molecule has 9 heteroatoms. The van der Waals surface area contributed by atoms with E-state index < -0.39 is 16.5 Å². The van der Waals surface area contributed by atoms with Gasteiger partial charge in [0, 0.05) is 61.4 Å². The largest absolute Gasteiger partial charge is 0.401 e. The average molecular weight is 563 g/mol. The molecular formula is C31H42N6O2S. The zero-order valence-corrected chi connectivity index (χ0v) is 25.0. The van der Waals surface area contributed by atoms with Crippen molar-refractivity contribution < 1.29 is 8.95 Å². The van der Waals surface area contributed by atoms with Crippen LogP contribution in [0.1, 0.15) is 44.7 Å². The quantitative estimate of drug-likeness (QED) is 0.219. The summed E-state index contributed by atoms with van der Waals surface area (Å²) in [5.74, 6) is 6.62. The highest BCUT2D eigenvalue weighted by Crippen LogP contribution is 2.34. The monoisotopic (exact) mass is 562 g/mol. The molecular weight excluding hydrogens is 520 g/mol. The molecule has 2 aromatic heterocycles. The van der Waals surface area contributed by atoms with E-state index in [0.717, 1.165) is 71.4 Å². The van der Waals surface area contributed by atoms with Gasteiger partial charge in [0.25, 0.3) is 0 Å². The maximum absolute atomic E-state index is 11.9. The van der Waals surface area contributed by atoms with Crippen LogP contribution in [0.5, 0.6) is 0 Å². The van der Waals surface area contributed by atoms with Crippen LogP contribution in [0, 0.1) is 5.92 Å².